The molecule has 22 heavy (non-hydrogen) atoms. The number of hydrogen-bond donors (Lipinski definition) is 2. The van der Waals surface area contributed by atoms with Crippen molar-refractivity contribution in [2.45, 2.75) is 25.7 Å². The van der Waals surface area contributed by atoms with Crippen molar-refractivity contribution in [2.24, 2.45) is 5.73 Å². The second kappa shape index (κ2) is 6.37. The van der Waals surface area contributed by atoms with Gasteiger partial charge < -0.3 is 11.1 Å². The number of anilines is 1. The van der Waals surface area contributed by atoms with Gasteiger partial charge in [-0.25, -0.2) is 0 Å². The lowest BCUT2D eigenvalue weighted by Crippen LogP contribution is -2.18. The molecule has 4 nitrogen and oxygen atoms in total. The summed E-state index contributed by atoms with van der Waals surface area (Å²) in [5.74, 6) is -0.671. The molecule has 0 bridgehead atoms. The molecule has 2 aromatic rings. The van der Waals surface area contributed by atoms with Crippen LogP contribution >= 0.6 is 33.9 Å². The molecular formula is C16H15IN2O2S. The summed E-state index contributed by atoms with van der Waals surface area (Å²) < 4.78 is 1.07. The number of primary amides is 1. The van der Waals surface area contributed by atoms with E-state index in [9.17, 15) is 9.59 Å². The highest BCUT2D eigenvalue weighted by Crippen LogP contribution is 2.38. The van der Waals surface area contributed by atoms with Crippen LogP contribution in [0.3, 0.4) is 0 Å². The number of fused-ring (bicyclic) bond motifs is 1. The van der Waals surface area contributed by atoms with Gasteiger partial charge in [-0.2, -0.15) is 0 Å². The third-order valence-corrected chi connectivity index (χ3v) is 5.68. The molecule has 3 rings (SSSR count). The molecule has 1 heterocycles. The van der Waals surface area contributed by atoms with E-state index in [1.165, 1.54) is 16.2 Å². The monoisotopic (exact) mass is 426 g/mol. The highest BCUT2D eigenvalue weighted by Gasteiger charge is 2.25. The van der Waals surface area contributed by atoms with E-state index in [1.807, 2.05) is 12.1 Å². The molecule has 0 saturated heterocycles. The van der Waals surface area contributed by atoms with Crippen LogP contribution in [0, 0.1) is 3.57 Å². The van der Waals surface area contributed by atoms with E-state index in [4.69, 9.17) is 5.73 Å². The van der Waals surface area contributed by atoms with Crippen LogP contribution in [-0.2, 0) is 12.8 Å². The standard InChI is InChI=1S/C16H15IN2O2S/c17-10-7-5-9(6-8-10)15(21)19-16-13(14(18)20)11-3-1-2-4-12(11)22-16/h5-8H,1-4H2,(H2,18,20)(H,19,21). The molecule has 0 atom stereocenters. The van der Waals surface area contributed by atoms with Crippen LogP contribution in [0.5, 0.6) is 0 Å². The quantitative estimate of drug-likeness (QED) is 0.737. The predicted octanol–water partition coefficient (Wildman–Crippen LogP) is 3.58. The molecule has 114 valence electrons. The van der Waals surface area contributed by atoms with Crippen molar-refractivity contribution in [3.8, 4) is 0 Å². The molecular weight excluding hydrogens is 411 g/mol. The van der Waals surface area contributed by atoms with Gasteiger partial charge in [0.1, 0.15) is 5.00 Å². The Kier molecular flexibility index (Phi) is 4.49. The third kappa shape index (κ3) is 3.03. The Labute approximate surface area is 146 Å². The van der Waals surface area contributed by atoms with Crippen LogP contribution in [-0.4, -0.2) is 11.8 Å². The number of carbonyl (C=O) groups is 2. The second-order valence-corrected chi connectivity index (χ2v) is 7.59. The van der Waals surface area contributed by atoms with Crippen LogP contribution in [0.25, 0.3) is 0 Å². The molecule has 0 spiro atoms. The van der Waals surface area contributed by atoms with E-state index in [1.54, 1.807) is 12.1 Å². The lowest BCUT2D eigenvalue weighted by molar-refractivity contribution is 0.100. The molecule has 0 unspecified atom stereocenters. The van der Waals surface area contributed by atoms with Gasteiger partial charge in [0.15, 0.2) is 0 Å². The molecule has 0 saturated carbocycles. The van der Waals surface area contributed by atoms with E-state index in [0.717, 1.165) is 34.8 Å². The third-order valence-electron chi connectivity index (χ3n) is 3.75. The maximum atomic E-state index is 12.4. The summed E-state index contributed by atoms with van der Waals surface area (Å²) in [4.78, 5) is 25.3. The van der Waals surface area contributed by atoms with Gasteiger partial charge in [-0.1, -0.05) is 0 Å². The van der Waals surface area contributed by atoms with Crippen molar-refractivity contribution in [2.75, 3.05) is 5.32 Å². The Bertz CT molecular complexity index is 737. The Morgan fingerprint density at radius 1 is 1.14 bits per heavy atom. The number of nitrogens with one attached hydrogen (secondary N) is 1. The highest BCUT2D eigenvalue weighted by atomic mass is 127. The zero-order valence-electron chi connectivity index (χ0n) is 11.8. The van der Waals surface area contributed by atoms with Gasteiger partial charge in [-0.05, 0) is 78.1 Å². The van der Waals surface area contributed by atoms with Crippen molar-refractivity contribution < 1.29 is 9.59 Å². The number of nitrogens with two attached hydrogens (primary N) is 1. The van der Waals surface area contributed by atoms with Gasteiger partial charge in [0.25, 0.3) is 11.8 Å². The molecule has 0 aliphatic heterocycles. The van der Waals surface area contributed by atoms with Crippen molar-refractivity contribution in [1.82, 2.24) is 0 Å². The summed E-state index contributed by atoms with van der Waals surface area (Å²) in [6, 6.07) is 7.30. The zero-order chi connectivity index (χ0) is 15.7. The summed E-state index contributed by atoms with van der Waals surface area (Å²) in [7, 11) is 0. The molecule has 1 aliphatic carbocycles. The number of amides is 2. The second-order valence-electron chi connectivity index (χ2n) is 5.24. The Morgan fingerprint density at radius 2 is 1.82 bits per heavy atom. The average molecular weight is 426 g/mol. The molecule has 1 aromatic carbocycles. The first kappa shape index (κ1) is 15.5. The number of hydrogen-bond acceptors (Lipinski definition) is 3. The van der Waals surface area contributed by atoms with Crippen molar-refractivity contribution in [1.29, 1.82) is 0 Å². The largest absolute Gasteiger partial charge is 0.365 e. The van der Waals surface area contributed by atoms with Crippen molar-refractivity contribution in [3.63, 3.8) is 0 Å². The SMILES string of the molecule is NC(=O)c1c(NC(=O)c2ccc(I)cc2)sc2c1CCCC2. The minimum absolute atomic E-state index is 0.211. The minimum Gasteiger partial charge on any atom is -0.365 e. The van der Waals surface area contributed by atoms with Crippen LogP contribution in [0.1, 0.15) is 44.0 Å². The van der Waals surface area contributed by atoms with Crippen LogP contribution < -0.4 is 11.1 Å². The number of thiophene rings is 1. The average Bonchev–Trinajstić information content (AvgIpc) is 2.85. The van der Waals surface area contributed by atoms with E-state index in [2.05, 4.69) is 27.9 Å². The smallest absolute Gasteiger partial charge is 0.256 e. The van der Waals surface area contributed by atoms with Crippen molar-refractivity contribution >= 4 is 50.7 Å². The summed E-state index contributed by atoms with van der Waals surface area (Å²) in [5, 5.41) is 3.45. The number of aryl methyl sites for hydroxylation is 1. The Morgan fingerprint density at radius 3 is 2.50 bits per heavy atom. The summed E-state index contributed by atoms with van der Waals surface area (Å²) in [6.07, 6.45) is 4.01. The molecule has 3 N–H and O–H groups in total. The van der Waals surface area contributed by atoms with Crippen molar-refractivity contribution in [3.05, 3.63) is 49.4 Å². The highest BCUT2D eigenvalue weighted by molar-refractivity contribution is 14.1. The maximum absolute atomic E-state index is 12.4. The fourth-order valence-corrected chi connectivity index (χ4v) is 4.34. The predicted molar refractivity (Wildman–Crippen MR) is 96.6 cm³/mol. The molecule has 2 amide bonds. The first-order valence-electron chi connectivity index (χ1n) is 7.07. The van der Waals surface area contributed by atoms with E-state index in [-0.39, 0.29) is 5.91 Å². The number of carbonyl (C=O) groups excluding carboxylic acids is 2. The lowest BCUT2D eigenvalue weighted by atomic mass is 9.95. The summed E-state index contributed by atoms with van der Waals surface area (Å²) in [6.45, 7) is 0. The number of benzene rings is 1. The van der Waals surface area contributed by atoms with E-state index >= 15 is 0 Å². The zero-order valence-corrected chi connectivity index (χ0v) is 14.8. The topological polar surface area (TPSA) is 72.2 Å². The van der Waals surface area contributed by atoms with Crippen LogP contribution in [0.4, 0.5) is 5.00 Å². The van der Waals surface area contributed by atoms with Crippen LogP contribution in [0.15, 0.2) is 24.3 Å². The van der Waals surface area contributed by atoms with Gasteiger partial charge in [-0.3, -0.25) is 9.59 Å². The number of rotatable bonds is 3. The maximum Gasteiger partial charge on any atom is 0.256 e. The Balaban J connectivity index is 1.91. The lowest BCUT2D eigenvalue weighted by Gasteiger charge is -2.11. The molecule has 0 radical (unpaired) electrons. The van der Waals surface area contributed by atoms with E-state index < -0.39 is 5.91 Å². The summed E-state index contributed by atoms with van der Waals surface area (Å²) >= 11 is 3.67. The minimum atomic E-state index is -0.461. The normalized spacial score (nSPS) is 13.5. The molecule has 6 heteroatoms. The van der Waals surface area contributed by atoms with E-state index in [0.29, 0.717) is 16.1 Å². The fourth-order valence-electron chi connectivity index (χ4n) is 2.69. The molecule has 1 aliphatic rings. The first-order valence-corrected chi connectivity index (χ1v) is 8.97. The van der Waals surface area contributed by atoms with Gasteiger partial charge in [0.05, 0.1) is 5.56 Å². The summed E-state index contributed by atoms with van der Waals surface area (Å²) in [5.41, 5.74) is 7.63. The fraction of sp³-hybridized carbons (Fsp3) is 0.250. The first-order chi connectivity index (χ1) is 10.6. The number of halogens is 1. The van der Waals surface area contributed by atoms with Crippen LogP contribution in [0.2, 0.25) is 0 Å². The molecule has 0 fully saturated rings. The van der Waals surface area contributed by atoms with Gasteiger partial charge in [-0.15, -0.1) is 11.3 Å². The Hall–Kier alpha value is -1.41. The van der Waals surface area contributed by atoms with Gasteiger partial charge in [0.2, 0.25) is 0 Å². The van der Waals surface area contributed by atoms with Gasteiger partial charge >= 0.3 is 0 Å². The molecule has 1 aromatic heterocycles. The van der Waals surface area contributed by atoms with Gasteiger partial charge in [0, 0.05) is 14.0 Å².